The van der Waals surface area contributed by atoms with Crippen molar-refractivity contribution in [2.24, 2.45) is 0 Å². The van der Waals surface area contributed by atoms with Crippen molar-refractivity contribution in [1.82, 2.24) is 4.98 Å². The summed E-state index contributed by atoms with van der Waals surface area (Å²) in [5, 5.41) is 9.78. The van der Waals surface area contributed by atoms with Crippen LogP contribution in [0.15, 0.2) is 34.8 Å². The summed E-state index contributed by atoms with van der Waals surface area (Å²) in [6.45, 7) is 2.66. The van der Waals surface area contributed by atoms with E-state index in [1.165, 1.54) is 16.0 Å². The van der Waals surface area contributed by atoms with Crippen molar-refractivity contribution in [2.75, 3.05) is 5.73 Å². The summed E-state index contributed by atoms with van der Waals surface area (Å²) in [7, 11) is 0. The van der Waals surface area contributed by atoms with Crippen molar-refractivity contribution in [2.45, 2.75) is 45.6 Å². The Kier molecular flexibility index (Phi) is 5.89. The van der Waals surface area contributed by atoms with Crippen molar-refractivity contribution >= 4 is 33.1 Å². The number of hydrogen-bond acceptors (Lipinski definition) is 5. The number of hydrogen-bond donors (Lipinski definition) is 1. The van der Waals surface area contributed by atoms with Gasteiger partial charge in [-0.05, 0) is 68.0 Å². The Balaban J connectivity index is 1.72. The zero-order valence-electron chi connectivity index (χ0n) is 16.3. The van der Waals surface area contributed by atoms with Crippen LogP contribution in [0.2, 0.25) is 0 Å². The maximum Gasteiger partial charge on any atom is 0.142 e. The molecule has 0 aliphatic heterocycles. The number of rotatable bonds is 5. The molecule has 0 saturated carbocycles. The SMILES string of the molecule is CCc1sc(-c2c(C#N)c(N)nc3c2CCCC3)cc1COc1ccc(Br)cc1. The van der Waals surface area contributed by atoms with Crippen molar-refractivity contribution in [1.29, 1.82) is 5.26 Å². The van der Waals surface area contributed by atoms with E-state index in [9.17, 15) is 5.26 Å². The zero-order chi connectivity index (χ0) is 20.4. The summed E-state index contributed by atoms with van der Waals surface area (Å²) in [5.41, 5.74) is 11.1. The van der Waals surface area contributed by atoms with E-state index < -0.39 is 0 Å². The number of pyridine rings is 1. The van der Waals surface area contributed by atoms with Gasteiger partial charge in [-0.2, -0.15) is 5.26 Å². The lowest BCUT2D eigenvalue weighted by atomic mass is 9.89. The Hall–Kier alpha value is -2.36. The topological polar surface area (TPSA) is 71.9 Å². The highest BCUT2D eigenvalue weighted by Crippen LogP contribution is 2.40. The second-order valence-electron chi connectivity index (χ2n) is 7.15. The van der Waals surface area contributed by atoms with Crippen molar-refractivity contribution in [3.63, 3.8) is 0 Å². The number of aromatic nitrogens is 1. The Morgan fingerprint density at radius 2 is 2.00 bits per heavy atom. The first kappa shape index (κ1) is 19.9. The summed E-state index contributed by atoms with van der Waals surface area (Å²) >= 11 is 5.19. The summed E-state index contributed by atoms with van der Waals surface area (Å²) < 4.78 is 7.04. The minimum atomic E-state index is 0.349. The lowest BCUT2D eigenvalue weighted by Crippen LogP contribution is -2.11. The van der Waals surface area contributed by atoms with Gasteiger partial charge in [-0.1, -0.05) is 22.9 Å². The van der Waals surface area contributed by atoms with Gasteiger partial charge < -0.3 is 10.5 Å². The lowest BCUT2D eigenvalue weighted by molar-refractivity contribution is 0.305. The fourth-order valence-corrected chi connectivity index (χ4v) is 5.30. The van der Waals surface area contributed by atoms with Crippen LogP contribution in [0.5, 0.6) is 5.75 Å². The third-order valence-electron chi connectivity index (χ3n) is 5.29. The quantitative estimate of drug-likeness (QED) is 0.495. The molecule has 2 N–H and O–H groups in total. The van der Waals surface area contributed by atoms with Gasteiger partial charge in [0.15, 0.2) is 0 Å². The van der Waals surface area contributed by atoms with Crippen LogP contribution < -0.4 is 10.5 Å². The van der Waals surface area contributed by atoms with Crippen LogP contribution in [0.4, 0.5) is 5.82 Å². The van der Waals surface area contributed by atoms with Gasteiger partial charge in [0.05, 0.1) is 0 Å². The average molecular weight is 468 g/mol. The minimum Gasteiger partial charge on any atom is -0.489 e. The fourth-order valence-electron chi connectivity index (χ4n) is 3.85. The first-order valence-electron chi connectivity index (χ1n) is 9.82. The number of thiophene rings is 1. The van der Waals surface area contributed by atoms with E-state index in [0.717, 1.165) is 58.5 Å². The highest BCUT2D eigenvalue weighted by molar-refractivity contribution is 9.10. The van der Waals surface area contributed by atoms with E-state index in [2.05, 4.69) is 40.0 Å². The molecule has 3 aromatic rings. The number of anilines is 1. The number of nitrogens with two attached hydrogens (primary N) is 1. The smallest absolute Gasteiger partial charge is 0.142 e. The van der Waals surface area contributed by atoms with Crippen molar-refractivity contribution < 1.29 is 4.74 Å². The number of halogens is 1. The first-order valence-corrected chi connectivity index (χ1v) is 11.4. The van der Waals surface area contributed by atoms with Gasteiger partial charge >= 0.3 is 0 Å². The number of nitriles is 1. The van der Waals surface area contributed by atoms with E-state index in [-0.39, 0.29) is 0 Å². The molecule has 0 amide bonds. The van der Waals surface area contributed by atoms with Gasteiger partial charge in [0.2, 0.25) is 0 Å². The Bertz CT molecular complexity index is 1080. The van der Waals surface area contributed by atoms with Crippen LogP contribution in [-0.4, -0.2) is 4.98 Å². The molecule has 0 spiro atoms. The predicted octanol–water partition coefficient (Wildman–Crippen LogP) is 6.05. The lowest BCUT2D eigenvalue weighted by Gasteiger charge is -2.20. The van der Waals surface area contributed by atoms with Crippen LogP contribution in [-0.2, 0) is 25.9 Å². The van der Waals surface area contributed by atoms with Crippen LogP contribution in [0.1, 0.15) is 47.0 Å². The summed E-state index contributed by atoms with van der Waals surface area (Å²) in [5.74, 6) is 1.19. The highest BCUT2D eigenvalue weighted by Gasteiger charge is 2.24. The molecule has 0 atom stereocenters. The molecule has 148 valence electrons. The van der Waals surface area contributed by atoms with E-state index >= 15 is 0 Å². The Morgan fingerprint density at radius 1 is 1.24 bits per heavy atom. The molecular weight excluding hydrogens is 446 g/mol. The minimum absolute atomic E-state index is 0.349. The van der Waals surface area contributed by atoms with Gasteiger partial charge in [-0.25, -0.2) is 4.98 Å². The second kappa shape index (κ2) is 8.56. The molecule has 1 aliphatic carbocycles. The number of nitrogens with zero attached hydrogens (tertiary/aromatic N) is 2. The molecule has 4 rings (SSSR count). The van der Waals surface area contributed by atoms with E-state index in [1.54, 1.807) is 11.3 Å². The van der Waals surface area contributed by atoms with Gasteiger partial charge in [0.25, 0.3) is 0 Å². The largest absolute Gasteiger partial charge is 0.489 e. The monoisotopic (exact) mass is 467 g/mol. The molecule has 1 aliphatic rings. The molecule has 0 unspecified atom stereocenters. The van der Waals surface area contributed by atoms with E-state index in [0.29, 0.717) is 18.0 Å². The highest BCUT2D eigenvalue weighted by atomic mass is 79.9. The first-order chi connectivity index (χ1) is 14.1. The third kappa shape index (κ3) is 4.03. The number of nitrogen functional groups attached to an aromatic ring is 1. The van der Waals surface area contributed by atoms with Gasteiger partial charge in [0.1, 0.15) is 29.8 Å². The maximum absolute atomic E-state index is 9.78. The van der Waals surface area contributed by atoms with Crippen LogP contribution in [0.3, 0.4) is 0 Å². The summed E-state index contributed by atoms with van der Waals surface area (Å²) in [6, 6.07) is 12.3. The van der Waals surface area contributed by atoms with E-state index in [1.807, 2.05) is 24.3 Å². The molecule has 0 bridgehead atoms. The molecule has 0 saturated heterocycles. The van der Waals surface area contributed by atoms with Crippen molar-refractivity contribution in [3.05, 3.63) is 62.1 Å². The number of aryl methyl sites for hydroxylation is 2. The molecule has 6 heteroatoms. The third-order valence-corrected chi connectivity index (χ3v) is 7.15. The molecule has 0 fully saturated rings. The van der Waals surface area contributed by atoms with E-state index in [4.69, 9.17) is 10.5 Å². The van der Waals surface area contributed by atoms with Crippen LogP contribution in [0.25, 0.3) is 10.4 Å². The van der Waals surface area contributed by atoms with Crippen LogP contribution in [0, 0.1) is 11.3 Å². The Labute approximate surface area is 183 Å². The summed E-state index contributed by atoms with van der Waals surface area (Å²) in [6.07, 6.45) is 5.07. The molecule has 0 radical (unpaired) electrons. The number of ether oxygens (including phenoxy) is 1. The molecular formula is C23H22BrN3OS. The van der Waals surface area contributed by atoms with Gasteiger partial charge in [-0.15, -0.1) is 11.3 Å². The summed E-state index contributed by atoms with van der Waals surface area (Å²) in [4.78, 5) is 6.91. The number of benzene rings is 1. The second-order valence-corrected chi connectivity index (χ2v) is 9.20. The zero-order valence-corrected chi connectivity index (χ0v) is 18.7. The van der Waals surface area contributed by atoms with Crippen LogP contribution >= 0.6 is 27.3 Å². The predicted molar refractivity (Wildman–Crippen MR) is 121 cm³/mol. The maximum atomic E-state index is 9.78. The van der Waals surface area contributed by atoms with Gasteiger partial charge in [-0.3, -0.25) is 0 Å². The molecule has 2 heterocycles. The normalized spacial score (nSPS) is 13.0. The molecule has 29 heavy (non-hydrogen) atoms. The van der Waals surface area contributed by atoms with Crippen molar-refractivity contribution in [3.8, 4) is 22.3 Å². The number of fused-ring (bicyclic) bond motifs is 1. The standard InChI is InChI=1S/C23H22BrN3OS/c1-2-20-14(13-28-16-9-7-15(24)8-10-16)11-21(29-20)22-17-5-3-4-6-19(17)27-23(26)18(22)12-25/h7-11H,2-6,13H2,1H3,(H2,26,27). The average Bonchev–Trinajstić information content (AvgIpc) is 3.15. The fraction of sp³-hybridized carbons (Fsp3) is 0.304. The van der Waals surface area contributed by atoms with Gasteiger partial charge in [0, 0.05) is 31.0 Å². The molecule has 1 aromatic carbocycles. The Morgan fingerprint density at radius 3 is 2.72 bits per heavy atom. The molecule has 2 aromatic heterocycles. The molecule has 4 nitrogen and oxygen atoms in total.